The number of amides is 4. The van der Waals surface area contributed by atoms with Crippen molar-refractivity contribution in [2.45, 2.75) is 69.6 Å². The third kappa shape index (κ3) is 9.57. The van der Waals surface area contributed by atoms with Gasteiger partial charge in [-0.1, -0.05) is 48.5 Å². The highest BCUT2D eigenvalue weighted by molar-refractivity contribution is 7.93. The summed E-state index contributed by atoms with van der Waals surface area (Å²) in [6.45, 7) is 4.37. The molecule has 0 saturated carbocycles. The van der Waals surface area contributed by atoms with Crippen molar-refractivity contribution in [2.75, 3.05) is 28.9 Å². The molecule has 3 aliphatic heterocycles. The number of carbonyl (C=O) groups excluding carboxylic acids is 4. The summed E-state index contributed by atoms with van der Waals surface area (Å²) in [6.07, 6.45) is 6.43. The Hall–Kier alpha value is -8.11. The molecule has 0 spiro atoms. The fourth-order valence-electron chi connectivity index (χ4n) is 9.76. The molecule has 0 aliphatic carbocycles. The lowest BCUT2D eigenvalue weighted by Gasteiger charge is -2.32. The van der Waals surface area contributed by atoms with Crippen LogP contribution in [0.1, 0.15) is 82.2 Å². The number of hydrogen-bond acceptors (Lipinski definition) is 13. The van der Waals surface area contributed by atoms with E-state index in [0.717, 1.165) is 47.5 Å². The van der Waals surface area contributed by atoms with Gasteiger partial charge in [0.1, 0.15) is 35.2 Å². The third-order valence-corrected chi connectivity index (χ3v) is 14.4. The number of hydrogen-bond donors (Lipinski definition) is 4. The van der Waals surface area contributed by atoms with E-state index in [2.05, 4.69) is 32.7 Å². The van der Waals surface area contributed by atoms with E-state index >= 15 is 0 Å². The molecule has 22 heteroatoms. The molecule has 2 atom stereocenters. The number of fused-ring (bicyclic) bond motifs is 2. The molecule has 3 aliphatic rings. The van der Waals surface area contributed by atoms with Gasteiger partial charge in [-0.3, -0.25) is 48.4 Å². The minimum absolute atomic E-state index is 0.0395. The smallest absolute Gasteiger partial charge is 0.355 e. The molecule has 18 nitrogen and oxygen atoms in total. The van der Waals surface area contributed by atoms with E-state index in [9.17, 15) is 40.8 Å². The first kappa shape index (κ1) is 48.5. The van der Waals surface area contributed by atoms with Gasteiger partial charge in [-0.05, 0) is 79.3 Å². The number of likely N-dealkylation sites (tertiary alicyclic amines) is 1. The quantitative estimate of drug-likeness (QED) is 0.0748. The Morgan fingerprint density at radius 1 is 0.877 bits per heavy atom. The van der Waals surface area contributed by atoms with E-state index in [1.807, 2.05) is 27.7 Å². The average molecular weight is 1020 g/mol. The summed E-state index contributed by atoms with van der Waals surface area (Å²) in [5.41, 5.74) is 12.8. The molecule has 7 aromatic rings. The molecule has 2 fully saturated rings. The van der Waals surface area contributed by atoms with Gasteiger partial charge in [0, 0.05) is 74.4 Å². The van der Waals surface area contributed by atoms with Gasteiger partial charge < -0.3 is 15.8 Å². The number of anilines is 3. The Kier molecular flexibility index (Phi) is 12.9. The number of nitrogens with one attached hydrogen (secondary N) is 3. The van der Waals surface area contributed by atoms with Crippen LogP contribution in [0.25, 0.3) is 33.3 Å². The van der Waals surface area contributed by atoms with Crippen LogP contribution in [0.3, 0.4) is 0 Å². The number of nitrogens with two attached hydrogens (primary N) is 1. The number of carbonyl (C=O) groups is 4. The molecule has 3 aromatic heterocycles. The Morgan fingerprint density at radius 2 is 1.63 bits per heavy atom. The average Bonchev–Trinajstić information content (AvgIpc) is 4.07. The van der Waals surface area contributed by atoms with Gasteiger partial charge in [0.2, 0.25) is 11.8 Å². The van der Waals surface area contributed by atoms with Gasteiger partial charge in [0.25, 0.3) is 21.8 Å². The highest BCUT2D eigenvalue weighted by Crippen LogP contribution is 2.41. The number of nitrogen functional groups attached to an aromatic ring is 1. The predicted octanol–water partition coefficient (Wildman–Crippen LogP) is 7.17. The highest BCUT2D eigenvalue weighted by atomic mass is 32.2. The number of sulfonamides is 1. The van der Waals surface area contributed by atoms with Crippen LogP contribution in [0.4, 0.5) is 30.4 Å². The monoisotopic (exact) mass is 1020 g/mol. The maximum absolute atomic E-state index is 13.7. The zero-order valence-electron chi connectivity index (χ0n) is 39.4. The number of rotatable bonds is 15. The van der Waals surface area contributed by atoms with Crippen LogP contribution >= 0.6 is 0 Å². The van der Waals surface area contributed by atoms with E-state index in [4.69, 9.17) is 20.7 Å². The standard InChI is InChI=1S/C51H48F3N11O7S/c1-28(31-9-12-34(52)13-10-31)72-41-22-32(11-14-38(41)61-73(70,71)51(53)54)45-44-46(62(2)60-45)37(25-57-47(44)55)33-24-58-64(27-33)35-17-19-63(20-18-35)26-30-6-3-5-29(21-30)23-56-39-8-4-7-36-43(39)50(69)65(49(36)68)40-15-16-42(66)59-48(40)67/h3-14,21-22,24-25,27-28,35,40,51,56,61H,15-20,23,26H2,1-2H3,(H2,55,57)(H,59,66,67)/t28-,40?/m0/s1. The fraction of sp³-hybridized carbons (Fsp3) is 0.275. The second-order valence-corrected chi connectivity index (χ2v) is 19.9. The predicted molar refractivity (Wildman–Crippen MR) is 264 cm³/mol. The zero-order chi connectivity index (χ0) is 51.3. The molecule has 0 radical (unpaired) electrons. The van der Waals surface area contributed by atoms with Crippen LogP contribution in [0.15, 0.2) is 104 Å². The second-order valence-electron chi connectivity index (χ2n) is 18.2. The summed E-state index contributed by atoms with van der Waals surface area (Å²) in [5, 5.41) is 15.6. The number of aromatic nitrogens is 5. The van der Waals surface area contributed by atoms with Gasteiger partial charge in [0.05, 0.1) is 40.0 Å². The molecule has 4 amide bonds. The molecule has 10 rings (SSSR count). The van der Waals surface area contributed by atoms with Crippen molar-refractivity contribution in [1.29, 1.82) is 0 Å². The van der Waals surface area contributed by atoms with Gasteiger partial charge >= 0.3 is 5.76 Å². The van der Waals surface area contributed by atoms with Crippen molar-refractivity contribution in [3.8, 4) is 28.1 Å². The summed E-state index contributed by atoms with van der Waals surface area (Å²) in [6, 6.07) is 22.0. The first-order valence-electron chi connectivity index (χ1n) is 23.4. The van der Waals surface area contributed by atoms with Crippen molar-refractivity contribution in [1.82, 2.24) is 39.7 Å². The lowest BCUT2D eigenvalue weighted by Crippen LogP contribution is -2.54. The van der Waals surface area contributed by atoms with E-state index in [-0.39, 0.29) is 47.3 Å². The van der Waals surface area contributed by atoms with Crippen LogP contribution in [-0.2, 0) is 39.7 Å². The van der Waals surface area contributed by atoms with Gasteiger partial charge in [-0.25, -0.2) is 17.8 Å². The number of aryl methyl sites for hydroxylation is 1. The first-order valence-corrected chi connectivity index (χ1v) is 25.0. The molecule has 1 unspecified atom stereocenters. The van der Waals surface area contributed by atoms with Crippen molar-refractivity contribution in [3.63, 3.8) is 0 Å². The fourth-order valence-corrected chi connectivity index (χ4v) is 10.3. The summed E-state index contributed by atoms with van der Waals surface area (Å²) in [7, 11) is -3.33. The second kappa shape index (κ2) is 19.5. The van der Waals surface area contributed by atoms with Crippen LogP contribution in [0.2, 0.25) is 0 Å². The summed E-state index contributed by atoms with van der Waals surface area (Å²) >= 11 is 0. The van der Waals surface area contributed by atoms with Crippen LogP contribution in [-0.4, -0.2) is 91.3 Å². The Morgan fingerprint density at radius 3 is 2.38 bits per heavy atom. The zero-order valence-corrected chi connectivity index (χ0v) is 40.2. The Bertz CT molecular complexity index is 3450. The lowest BCUT2D eigenvalue weighted by molar-refractivity contribution is -0.136. The topological polar surface area (TPSA) is 229 Å². The van der Waals surface area contributed by atoms with Gasteiger partial charge in [-0.2, -0.15) is 19.0 Å². The maximum Gasteiger partial charge on any atom is 0.355 e. The van der Waals surface area contributed by atoms with Crippen LogP contribution < -0.4 is 25.8 Å². The van der Waals surface area contributed by atoms with E-state index in [0.29, 0.717) is 52.1 Å². The lowest BCUT2D eigenvalue weighted by atomic mass is 10.0. The van der Waals surface area contributed by atoms with Crippen molar-refractivity contribution in [2.24, 2.45) is 7.05 Å². The number of pyridine rings is 1. The van der Waals surface area contributed by atoms with Gasteiger partial charge in [-0.15, -0.1) is 0 Å². The molecule has 4 aromatic carbocycles. The minimum atomic E-state index is -5.08. The van der Waals surface area contributed by atoms with E-state index in [1.165, 1.54) is 42.5 Å². The summed E-state index contributed by atoms with van der Waals surface area (Å²) < 4.78 is 77.0. The summed E-state index contributed by atoms with van der Waals surface area (Å²) in [4.78, 5) is 59.1. The summed E-state index contributed by atoms with van der Waals surface area (Å²) in [5.74, 6) is -6.31. The van der Waals surface area contributed by atoms with Crippen LogP contribution in [0.5, 0.6) is 5.75 Å². The number of halogens is 3. The number of piperidine rings is 2. The number of nitrogens with zero attached hydrogens (tertiary/aromatic N) is 7. The van der Waals surface area contributed by atoms with Crippen molar-refractivity contribution < 1.29 is 45.5 Å². The highest BCUT2D eigenvalue weighted by Gasteiger charge is 2.45. The molecule has 376 valence electrons. The van der Waals surface area contributed by atoms with E-state index < -0.39 is 57.4 Å². The maximum atomic E-state index is 13.7. The largest absolute Gasteiger partial charge is 0.484 e. The van der Waals surface area contributed by atoms with Crippen LogP contribution in [0, 0.1) is 5.82 Å². The number of ether oxygens (including phenoxy) is 1. The molecule has 0 bridgehead atoms. The third-order valence-electron chi connectivity index (χ3n) is 13.5. The molecule has 6 heterocycles. The van der Waals surface area contributed by atoms with Crippen molar-refractivity contribution in [3.05, 3.63) is 137 Å². The molecular formula is C51H48F3N11O7S. The van der Waals surface area contributed by atoms with E-state index in [1.54, 1.807) is 49.2 Å². The van der Waals surface area contributed by atoms with Gasteiger partial charge in [0.15, 0.2) is 0 Å². The SMILES string of the molecule is C[C@H](Oc1cc(-c2nn(C)c3c(-c4cnn(C5CCN(Cc6cccc(CNc7cccc8c7C(=O)N(C7CCC(=O)NC7=O)C8=O)c6)CC5)c4)cnc(N)c23)ccc1NS(=O)(=O)C(F)F)c1ccc(F)cc1. The molecule has 2 saturated heterocycles. The molecule has 73 heavy (non-hydrogen) atoms. The normalized spacial score (nSPS) is 17.1. The Balaban J connectivity index is 0.809. The van der Waals surface area contributed by atoms with Crippen molar-refractivity contribution >= 4 is 61.7 Å². The number of imide groups is 2. The minimum Gasteiger partial charge on any atom is -0.484 e. The molecular weight excluding hydrogens is 968 g/mol. The molecule has 5 N–H and O–H groups in total. The number of alkyl halides is 2. The number of benzene rings is 4. The first-order chi connectivity index (χ1) is 35.0. The Labute approximate surface area is 416 Å².